The molecule has 0 atom stereocenters. The van der Waals surface area contributed by atoms with Gasteiger partial charge in [-0.3, -0.25) is 0 Å². The zero-order valence-corrected chi connectivity index (χ0v) is 3.85. The summed E-state index contributed by atoms with van der Waals surface area (Å²) in [5.41, 5.74) is 0.315. The molecular formula is C5H5NO. The third-order valence-corrected chi connectivity index (χ3v) is 0.488. The lowest BCUT2D eigenvalue weighted by atomic mass is 10.3. The van der Waals surface area contributed by atoms with E-state index >= 15 is 0 Å². The summed E-state index contributed by atoms with van der Waals surface area (Å²) in [6, 6.07) is 1.74. The molecule has 36 valence electrons. The Kier molecular flexibility index (Phi) is 2.62. The Morgan fingerprint density at radius 2 is 2.57 bits per heavy atom. The van der Waals surface area contributed by atoms with Gasteiger partial charge in [0.1, 0.15) is 6.29 Å². The van der Waals surface area contributed by atoms with Gasteiger partial charge in [0.25, 0.3) is 0 Å². The summed E-state index contributed by atoms with van der Waals surface area (Å²) in [5, 5.41) is 7.96. The van der Waals surface area contributed by atoms with Crippen LogP contribution in [0.1, 0.15) is 6.42 Å². The Bertz CT molecular complexity index is 121. The van der Waals surface area contributed by atoms with E-state index in [1.54, 1.807) is 6.07 Å². The number of hydrogen-bond acceptors (Lipinski definition) is 2. The number of carbonyl (C=O) groups excluding carboxylic acids is 1. The van der Waals surface area contributed by atoms with Crippen LogP contribution in [0.2, 0.25) is 0 Å². The minimum absolute atomic E-state index is 0.163. The van der Waals surface area contributed by atoms with Crippen molar-refractivity contribution >= 4 is 6.29 Å². The van der Waals surface area contributed by atoms with E-state index in [4.69, 9.17) is 5.26 Å². The molecule has 0 rings (SSSR count). The third-order valence-electron chi connectivity index (χ3n) is 0.488. The molecule has 0 fully saturated rings. The highest BCUT2D eigenvalue weighted by Crippen LogP contribution is 1.87. The summed E-state index contributed by atoms with van der Waals surface area (Å²) in [5.74, 6) is 0. The molecule has 0 aliphatic rings. The number of allylic oxidation sites excluding steroid dienone is 1. The quantitative estimate of drug-likeness (QED) is 0.373. The Morgan fingerprint density at radius 1 is 2.00 bits per heavy atom. The van der Waals surface area contributed by atoms with Crippen LogP contribution in [0.5, 0.6) is 0 Å². The van der Waals surface area contributed by atoms with Crippen molar-refractivity contribution in [1.29, 1.82) is 5.26 Å². The standard InChI is InChI=1S/C5H5NO/c1-5(4-6)2-3-7/h3H,1-2H2. The monoisotopic (exact) mass is 95.0 g/mol. The van der Waals surface area contributed by atoms with Gasteiger partial charge in [-0.25, -0.2) is 0 Å². The van der Waals surface area contributed by atoms with Gasteiger partial charge in [-0.1, -0.05) is 6.58 Å². The molecule has 2 heteroatoms. The smallest absolute Gasteiger partial charge is 0.125 e. The molecule has 0 heterocycles. The largest absolute Gasteiger partial charge is 0.303 e. The molecule has 0 N–H and O–H groups in total. The molecule has 0 aliphatic carbocycles. The van der Waals surface area contributed by atoms with Gasteiger partial charge in [0.2, 0.25) is 0 Å². The molecule has 0 aromatic heterocycles. The van der Waals surface area contributed by atoms with Crippen molar-refractivity contribution in [2.24, 2.45) is 0 Å². The molecule has 0 radical (unpaired) electrons. The summed E-state index contributed by atoms with van der Waals surface area (Å²) in [6.07, 6.45) is 0.821. The first-order valence-corrected chi connectivity index (χ1v) is 1.82. The van der Waals surface area contributed by atoms with Crippen molar-refractivity contribution < 1.29 is 4.79 Å². The van der Waals surface area contributed by atoms with Crippen LogP contribution in [0.25, 0.3) is 0 Å². The lowest BCUT2D eigenvalue weighted by molar-refractivity contribution is -0.107. The van der Waals surface area contributed by atoms with Crippen molar-refractivity contribution in [2.75, 3.05) is 0 Å². The van der Waals surface area contributed by atoms with Gasteiger partial charge in [0.05, 0.1) is 6.07 Å². The molecule has 0 aromatic carbocycles. The summed E-state index contributed by atoms with van der Waals surface area (Å²) in [6.45, 7) is 3.27. The van der Waals surface area contributed by atoms with E-state index in [0.29, 0.717) is 11.9 Å². The molecule has 0 saturated heterocycles. The van der Waals surface area contributed by atoms with Crippen LogP contribution < -0.4 is 0 Å². The minimum atomic E-state index is 0.163. The topological polar surface area (TPSA) is 40.9 Å². The van der Waals surface area contributed by atoms with Crippen LogP contribution in [0.15, 0.2) is 12.2 Å². The van der Waals surface area contributed by atoms with Gasteiger partial charge < -0.3 is 4.79 Å². The molecule has 0 unspecified atom stereocenters. The van der Waals surface area contributed by atoms with Crippen molar-refractivity contribution in [3.05, 3.63) is 12.2 Å². The Balaban J connectivity index is 3.43. The van der Waals surface area contributed by atoms with Crippen LogP contribution in [0.4, 0.5) is 0 Å². The number of carbonyl (C=O) groups is 1. The van der Waals surface area contributed by atoms with Crippen LogP contribution >= 0.6 is 0 Å². The zero-order valence-electron chi connectivity index (χ0n) is 3.85. The highest BCUT2D eigenvalue weighted by Gasteiger charge is 1.83. The van der Waals surface area contributed by atoms with E-state index in [-0.39, 0.29) is 6.42 Å². The number of aldehydes is 1. The number of nitrogens with zero attached hydrogens (tertiary/aromatic N) is 1. The molecule has 2 nitrogen and oxygen atoms in total. The van der Waals surface area contributed by atoms with Gasteiger partial charge in [-0.15, -0.1) is 0 Å². The zero-order chi connectivity index (χ0) is 5.70. The summed E-state index contributed by atoms with van der Waals surface area (Å²) in [7, 11) is 0. The molecular weight excluding hydrogens is 90.1 g/mol. The molecule has 7 heavy (non-hydrogen) atoms. The molecule has 0 aromatic rings. The van der Waals surface area contributed by atoms with E-state index in [9.17, 15) is 4.79 Å². The average molecular weight is 95.1 g/mol. The summed E-state index contributed by atoms with van der Waals surface area (Å²) in [4.78, 5) is 9.56. The second-order valence-corrected chi connectivity index (χ2v) is 1.09. The SMILES string of the molecule is C=C(C#N)CC=O. The van der Waals surface area contributed by atoms with Gasteiger partial charge in [0, 0.05) is 12.0 Å². The molecule has 0 saturated carbocycles. The molecule has 0 amide bonds. The molecule has 0 bridgehead atoms. The fourth-order valence-corrected chi connectivity index (χ4v) is 0.146. The maximum Gasteiger partial charge on any atom is 0.125 e. The number of rotatable bonds is 2. The Labute approximate surface area is 42.1 Å². The number of hydrogen-bond donors (Lipinski definition) is 0. The lowest BCUT2D eigenvalue weighted by Crippen LogP contribution is -1.74. The highest BCUT2D eigenvalue weighted by molar-refractivity contribution is 5.56. The fraction of sp³-hybridized carbons (Fsp3) is 0.200. The predicted molar refractivity (Wildman–Crippen MR) is 25.4 cm³/mol. The first-order valence-electron chi connectivity index (χ1n) is 1.82. The van der Waals surface area contributed by atoms with Crippen molar-refractivity contribution in [2.45, 2.75) is 6.42 Å². The molecule has 0 spiro atoms. The van der Waals surface area contributed by atoms with Crippen LogP contribution in [0, 0.1) is 11.3 Å². The second-order valence-electron chi connectivity index (χ2n) is 1.09. The van der Waals surface area contributed by atoms with Crippen LogP contribution in [0.3, 0.4) is 0 Å². The van der Waals surface area contributed by atoms with E-state index < -0.39 is 0 Å². The maximum atomic E-state index is 9.56. The van der Waals surface area contributed by atoms with Crippen molar-refractivity contribution in [1.82, 2.24) is 0 Å². The highest BCUT2D eigenvalue weighted by atomic mass is 16.1. The van der Waals surface area contributed by atoms with Crippen molar-refractivity contribution in [3.63, 3.8) is 0 Å². The predicted octanol–water partition coefficient (Wildman–Crippen LogP) is 0.655. The fourth-order valence-electron chi connectivity index (χ4n) is 0.146. The van der Waals surface area contributed by atoms with Gasteiger partial charge in [-0.2, -0.15) is 5.26 Å². The number of nitriles is 1. The first kappa shape index (κ1) is 5.90. The van der Waals surface area contributed by atoms with Gasteiger partial charge in [0.15, 0.2) is 0 Å². The summed E-state index contributed by atoms with van der Waals surface area (Å²) < 4.78 is 0. The lowest BCUT2D eigenvalue weighted by Gasteiger charge is -1.75. The van der Waals surface area contributed by atoms with Crippen LogP contribution in [-0.4, -0.2) is 6.29 Å². The van der Waals surface area contributed by atoms with Crippen LogP contribution in [-0.2, 0) is 4.79 Å². The van der Waals surface area contributed by atoms with E-state index in [0.717, 1.165) is 0 Å². The Morgan fingerprint density at radius 3 is 2.71 bits per heavy atom. The van der Waals surface area contributed by atoms with E-state index in [2.05, 4.69) is 6.58 Å². The third kappa shape index (κ3) is 2.71. The van der Waals surface area contributed by atoms with Crippen molar-refractivity contribution in [3.8, 4) is 6.07 Å². The Hall–Kier alpha value is -1.10. The first-order chi connectivity index (χ1) is 3.31. The van der Waals surface area contributed by atoms with Gasteiger partial charge in [-0.05, 0) is 0 Å². The summed E-state index contributed by atoms with van der Waals surface area (Å²) >= 11 is 0. The maximum absolute atomic E-state index is 9.56. The minimum Gasteiger partial charge on any atom is -0.303 e. The average Bonchev–Trinajstić information content (AvgIpc) is 1.68. The molecule has 0 aliphatic heterocycles. The normalized spacial score (nSPS) is 6.71. The second kappa shape index (κ2) is 3.10. The van der Waals surface area contributed by atoms with E-state index in [1.807, 2.05) is 0 Å². The van der Waals surface area contributed by atoms with E-state index in [1.165, 1.54) is 0 Å². The van der Waals surface area contributed by atoms with Gasteiger partial charge >= 0.3 is 0 Å².